The largest absolute Gasteiger partial charge is 0.384 e. The van der Waals surface area contributed by atoms with Crippen molar-refractivity contribution in [2.24, 2.45) is 0 Å². The Kier molecular flexibility index (Phi) is 2.91. The Hall–Kier alpha value is -1.62. The van der Waals surface area contributed by atoms with Crippen molar-refractivity contribution < 1.29 is 0 Å². The molecule has 1 aliphatic rings. The molecule has 1 fully saturated rings. The molecule has 5 heteroatoms. The average molecular weight is 245 g/mol. The van der Waals surface area contributed by atoms with E-state index in [1.54, 1.807) is 16.8 Å². The standard InChI is InChI=1S/C13H19N5/c1-2-17-7-4-10(5-8-17)11-9-16-18-12(14)3-6-15-13(11)18/h3,6,9-10H,2,4-5,7-8,14H2,1H3. The Morgan fingerprint density at radius 1 is 1.39 bits per heavy atom. The Bertz CT molecular complexity index is 539. The van der Waals surface area contributed by atoms with Crippen LogP contribution in [0.4, 0.5) is 5.82 Å². The van der Waals surface area contributed by atoms with Crippen molar-refractivity contribution in [1.29, 1.82) is 0 Å². The Morgan fingerprint density at radius 3 is 2.89 bits per heavy atom. The molecule has 2 aromatic rings. The van der Waals surface area contributed by atoms with E-state index in [1.165, 1.54) is 31.5 Å². The van der Waals surface area contributed by atoms with E-state index in [1.807, 2.05) is 6.20 Å². The van der Waals surface area contributed by atoms with Gasteiger partial charge in [0.05, 0.1) is 6.20 Å². The Morgan fingerprint density at radius 2 is 2.17 bits per heavy atom. The van der Waals surface area contributed by atoms with E-state index in [2.05, 4.69) is 21.9 Å². The molecule has 3 rings (SSSR count). The van der Waals surface area contributed by atoms with Crippen LogP contribution < -0.4 is 5.73 Å². The number of piperidine rings is 1. The monoisotopic (exact) mass is 245 g/mol. The minimum Gasteiger partial charge on any atom is -0.384 e. The Balaban J connectivity index is 1.89. The SMILES string of the molecule is CCN1CCC(c2cnn3c(N)ccnc23)CC1. The molecule has 2 aromatic heterocycles. The Labute approximate surface area is 107 Å². The molecule has 0 saturated carbocycles. The van der Waals surface area contributed by atoms with Crippen LogP contribution >= 0.6 is 0 Å². The summed E-state index contributed by atoms with van der Waals surface area (Å²) in [6.45, 7) is 5.70. The zero-order valence-electron chi connectivity index (χ0n) is 10.7. The summed E-state index contributed by atoms with van der Waals surface area (Å²) in [6.07, 6.45) is 6.07. The quantitative estimate of drug-likeness (QED) is 0.871. The lowest BCUT2D eigenvalue weighted by Crippen LogP contribution is -2.32. The molecule has 2 N–H and O–H groups in total. The maximum Gasteiger partial charge on any atom is 0.160 e. The third-order valence-corrected chi connectivity index (χ3v) is 3.93. The van der Waals surface area contributed by atoms with Crippen LogP contribution in [0.15, 0.2) is 18.5 Å². The van der Waals surface area contributed by atoms with Crippen LogP contribution in [0, 0.1) is 0 Å². The minimum absolute atomic E-state index is 0.569. The molecule has 5 nitrogen and oxygen atoms in total. The summed E-state index contributed by atoms with van der Waals surface area (Å²) in [5, 5.41) is 4.35. The smallest absolute Gasteiger partial charge is 0.160 e. The van der Waals surface area contributed by atoms with Crippen LogP contribution in [0.5, 0.6) is 0 Å². The van der Waals surface area contributed by atoms with Gasteiger partial charge in [-0.3, -0.25) is 0 Å². The summed E-state index contributed by atoms with van der Waals surface area (Å²) in [5.74, 6) is 1.22. The van der Waals surface area contributed by atoms with Crippen molar-refractivity contribution in [2.45, 2.75) is 25.7 Å². The highest BCUT2D eigenvalue weighted by molar-refractivity contribution is 5.52. The number of nitrogens with two attached hydrogens (primary N) is 1. The number of rotatable bonds is 2. The van der Waals surface area contributed by atoms with Gasteiger partial charge < -0.3 is 10.6 Å². The number of nitrogen functional groups attached to an aromatic ring is 1. The second-order valence-corrected chi connectivity index (χ2v) is 4.91. The van der Waals surface area contributed by atoms with Gasteiger partial charge in [-0.05, 0) is 44.5 Å². The van der Waals surface area contributed by atoms with Gasteiger partial charge in [-0.25, -0.2) is 4.98 Å². The fraction of sp³-hybridized carbons (Fsp3) is 0.538. The molecule has 0 aliphatic carbocycles. The van der Waals surface area contributed by atoms with Crippen molar-refractivity contribution in [1.82, 2.24) is 19.5 Å². The van der Waals surface area contributed by atoms with Crippen LogP contribution in [0.25, 0.3) is 5.65 Å². The van der Waals surface area contributed by atoms with Crippen LogP contribution in [-0.4, -0.2) is 39.1 Å². The van der Waals surface area contributed by atoms with Gasteiger partial charge in [0.1, 0.15) is 5.82 Å². The van der Waals surface area contributed by atoms with Gasteiger partial charge in [0.25, 0.3) is 0 Å². The van der Waals surface area contributed by atoms with Gasteiger partial charge >= 0.3 is 0 Å². The average Bonchev–Trinajstić information content (AvgIpc) is 2.84. The molecule has 0 unspecified atom stereocenters. The van der Waals surface area contributed by atoms with Gasteiger partial charge in [-0.15, -0.1) is 0 Å². The predicted octanol–water partition coefficient (Wildman–Crippen LogP) is 1.51. The molecule has 18 heavy (non-hydrogen) atoms. The lowest BCUT2D eigenvalue weighted by molar-refractivity contribution is 0.223. The number of nitrogens with zero attached hydrogens (tertiary/aromatic N) is 4. The van der Waals surface area contributed by atoms with Crippen LogP contribution in [0.1, 0.15) is 31.2 Å². The molecule has 0 aromatic carbocycles. The van der Waals surface area contributed by atoms with Gasteiger partial charge in [-0.1, -0.05) is 6.92 Å². The van der Waals surface area contributed by atoms with E-state index in [-0.39, 0.29) is 0 Å². The number of aromatic nitrogens is 3. The van der Waals surface area contributed by atoms with E-state index in [4.69, 9.17) is 5.73 Å². The van der Waals surface area contributed by atoms with Gasteiger partial charge in [0.15, 0.2) is 5.65 Å². The highest BCUT2D eigenvalue weighted by atomic mass is 15.3. The maximum atomic E-state index is 5.89. The normalized spacial score (nSPS) is 18.5. The lowest BCUT2D eigenvalue weighted by Gasteiger charge is -2.30. The fourth-order valence-corrected chi connectivity index (χ4v) is 2.78. The van der Waals surface area contributed by atoms with E-state index in [0.717, 1.165) is 12.2 Å². The van der Waals surface area contributed by atoms with Gasteiger partial charge in [0.2, 0.25) is 0 Å². The molecular formula is C13H19N5. The maximum absolute atomic E-state index is 5.89. The third-order valence-electron chi connectivity index (χ3n) is 3.93. The molecule has 0 spiro atoms. The molecular weight excluding hydrogens is 226 g/mol. The van der Waals surface area contributed by atoms with Crippen molar-refractivity contribution in [3.8, 4) is 0 Å². The highest BCUT2D eigenvalue weighted by Gasteiger charge is 2.23. The van der Waals surface area contributed by atoms with Gasteiger partial charge in [-0.2, -0.15) is 9.61 Å². The van der Waals surface area contributed by atoms with Crippen molar-refractivity contribution in [3.05, 3.63) is 24.0 Å². The number of anilines is 1. The van der Waals surface area contributed by atoms with Crippen LogP contribution in [-0.2, 0) is 0 Å². The summed E-state index contributed by atoms with van der Waals surface area (Å²) < 4.78 is 1.74. The highest BCUT2D eigenvalue weighted by Crippen LogP contribution is 2.30. The predicted molar refractivity (Wildman–Crippen MR) is 71.5 cm³/mol. The van der Waals surface area contributed by atoms with E-state index < -0.39 is 0 Å². The van der Waals surface area contributed by atoms with Crippen LogP contribution in [0.2, 0.25) is 0 Å². The van der Waals surface area contributed by atoms with E-state index in [0.29, 0.717) is 11.7 Å². The summed E-state index contributed by atoms with van der Waals surface area (Å²) in [6, 6.07) is 1.78. The van der Waals surface area contributed by atoms with Crippen molar-refractivity contribution in [2.75, 3.05) is 25.4 Å². The zero-order valence-corrected chi connectivity index (χ0v) is 10.7. The fourth-order valence-electron chi connectivity index (χ4n) is 2.78. The lowest BCUT2D eigenvalue weighted by atomic mass is 9.91. The first kappa shape index (κ1) is 11.5. The molecule has 1 saturated heterocycles. The summed E-state index contributed by atoms with van der Waals surface area (Å²) >= 11 is 0. The molecule has 3 heterocycles. The summed E-state index contributed by atoms with van der Waals surface area (Å²) in [5.41, 5.74) is 8.06. The van der Waals surface area contributed by atoms with E-state index in [9.17, 15) is 0 Å². The minimum atomic E-state index is 0.569. The van der Waals surface area contributed by atoms with Crippen molar-refractivity contribution in [3.63, 3.8) is 0 Å². The molecule has 96 valence electrons. The summed E-state index contributed by atoms with van der Waals surface area (Å²) in [7, 11) is 0. The first-order valence-corrected chi connectivity index (χ1v) is 6.60. The molecule has 1 aliphatic heterocycles. The number of hydrogen-bond donors (Lipinski definition) is 1. The molecule has 0 atom stereocenters. The van der Waals surface area contributed by atoms with Crippen molar-refractivity contribution >= 4 is 11.5 Å². The second-order valence-electron chi connectivity index (χ2n) is 4.91. The number of hydrogen-bond acceptors (Lipinski definition) is 4. The van der Waals surface area contributed by atoms with E-state index >= 15 is 0 Å². The number of likely N-dealkylation sites (tertiary alicyclic amines) is 1. The topological polar surface area (TPSA) is 59.5 Å². The third kappa shape index (κ3) is 1.84. The van der Waals surface area contributed by atoms with Gasteiger partial charge in [0, 0.05) is 11.8 Å². The first-order chi connectivity index (χ1) is 8.79. The molecule has 0 bridgehead atoms. The molecule has 0 radical (unpaired) electrons. The first-order valence-electron chi connectivity index (χ1n) is 6.60. The second kappa shape index (κ2) is 4.57. The molecule has 0 amide bonds. The zero-order chi connectivity index (χ0) is 12.5. The van der Waals surface area contributed by atoms with Crippen LogP contribution in [0.3, 0.4) is 0 Å². The number of fused-ring (bicyclic) bond motifs is 1. The summed E-state index contributed by atoms with van der Waals surface area (Å²) in [4.78, 5) is 6.91.